The minimum atomic E-state index is 0.497. The molecule has 0 aliphatic heterocycles. The van der Waals surface area contributed by atoms with Crippen LogP contribution in [0.4, 0.5) is 11.8 Å². The zero-order valence-corrected chi connectivity index (χ0v) is 12.6. The van der Waals surface area contributed by atoms with Gasteiger partial charge >= 0.3 is 0 Å². The maximum Gasteiger partial charge on any atom is 0.226 e. The van der Waals surface area contributed by atoms with Crippen LogP contribution in [-0.2, 0) is 0 Å². The molecule has 2 atom stereocenters. The first-order chi connectivity index (χ1) is 9.80. The largest absolute Gasteiger partial charge is 0.367 e. The molecule has 0 spiro atoms. The monoisotopic (exact) mass is 292 g/mol. The maximum atomic E-state index is 4.53. The van der Waals surface area contributed by atoms with E-state index in [4.69, 9.17) is 0 Å². The normalized spacial score (nSPS) is 22.3. The van der Waals surface area contributed by atoms with E-state index in [1.807, 2.05) is 7.05 Å². The summed E-state index contributed by atoms with van der Waals surface area (Å²) in [4.78, 5) is 8.87. The average Bonchev–Trinajstić information content (AvgIpc) is 3.08. The zero-order chi connectivity index (χ0) is 13.9. The van der Waals surface area contributed by atoms with Crippen LogP contribution < -0.4 is 10.6 Å². The van der Waals surface area contributed by atoms with Crippen LogP contribution in [0.15, 0.2) is 6.20 Å². The van der Waals surface area contributed by atoms with Gasteiger partial charge in [0, 0.05) is 18.3 Å². The van der Waals surface area contributed by atoms with Gasteiger partial charge in [-0.3, -0.25) is 5.10 Å². The summed E-state index contributed by atoms with van der Waals surface area (Å²) < 4.78 is 0. The number of thioether (sulfide) groups is 1. The lowest BCUT2D eigenvalue weighted by Gasteiger charge is -2.15. The third-order valence-corrected chi connectivity index (χ3v) is 4.89. The van der Waals surface area contributed by atoms with Gasteiger partial charge in [0.25, 0.3) is 0 Å². The molecule has 108 valence electrons. The van der Waals surface area contributed by atoms with E-state index in [0.717, 1.165) is 22.1 Å². The van der Waals surface area contributed by atoms with E-state index in [1.165, 1.54) is 25.0 Å². The summed E-state index contributed by atoms with van der Waals surface area (Å²) in [5, 5.41) is 15.3. The number of hydrogen-bond donors (Lipinski definition) is 3. The van der Waals surface area contributed by atoms with Gasteiger partial charge in [0.1, 0.15) is 5.82 Å². The Labute approximate surface area is 122 Å². The Kier molecular flexibility index (Phi) is 3.95. The van der Waals surface area contributed by atoms with E-state index < -0.39 is 0 Å². The van der Waals surface area contributed by atoms with Crippen molar-refractivity contribution in [1.29, 1.82) is 0 Å². The predicted molar refractivity (Wildman–Crippen MR) is 84.4 cm³/mol. The first-order valence-corrected chi connectivity index (χ1v) is 8.12. The van der Waals surface area contributed by atoms with Gasteiger partial charge in [0.2, 0.25) is 5.95 Å². The third-order valence-electron chi connectivity index (χ3n) is 3.66. The molecule has 1 aliphatic rings. The molecule has 2 unspecified atom stereocenters. The molecule has 1 fully saturated rings. The molecule has 1 aliphatic carbocycles. The Hall–Kier alpha value is -1.50. The van der Waals surface area contributed by atoms with Crippen LogP contribution in [0, 0.1) is 0 Å². The molecule has 6 nitrogen and oxygen atoms in total. The summed E-state index contributed by atoms with van der Waals surface area (Å²) in [7, 11) is 1.82. The van der Waals surface area contributed by atoms with Crippen LogP contribution in [0.1, 0.15) is 26.2 Å². The Morgan fingerprint density at radius 3 is 3.10 bits per heavy atom. The second-order valence-electron chi connectivity index (χ2n) is 5.01. The van der Waals surface area contributed by atoms with Crippen LogP contribution >= 0.6 is 11.8 Å². The van der Waals surface area contributed by atoms with E-state index in [-0.39, 0.29) is 0 Å². The molecule has 1 saturated carbocycles. The van der Waals surface area contributed by atoms with Gasteiger partial charge in [0.15, 0.2) is 5.65 Å². The second kappa shape index (κ2) is 5.87. The summed E-state index contributed by atoms with van der Waals surface area (Å²) in [5.41, 5.74) is 0.768. The molecule has 0 amide bonds. The number of nitrogens with one attached hydrogen (secondary N) is 3. The Balaban J connectivity index is 1.78. The van der Waals surface area contributed by atoms with Crippen LogP contribution in [0.5, 0.6) is 0 Å². The van der Waals surface area contributed by atoms with Crippen LogP contribution in [0.3, 0.4) is 0 Å². The molecular formula is C13H20N6S. The fraction of sp³-hybridized carbons (Fsp3) is 0.615. The number of hydrogen-bond acceptors (Lipinski definition) is 6. The van der Waals surface area contributed by atoms with E-state index >= 15 is 0 Å². The lowest BCUT2D eigenvalue weighted by molar-refractivity contribution is 0.753. The molecule has 2 aromatic heterocycles. The minimum absolute atomic E-state index is 0.497. The Morgan fingerprint density at radius 1 is 1.40 bits per heavy atom. The first-order valence-electron chi connectivity index (χ1n) is 7.07. The van der Waals surface area contributed by atoms with Crippen molar-refractivity contribution in [2.75, 3.05) is 23.4 Å². The number of nitrogens with zero attached hydrogens (tertiary/aromatic N) is 3. The van der Waals surface area contributed by atoms with Gasteiger partial charge in [-0.1, -0.05) is 6.92 Å². The fourth-order valence-electron chi connectivity index (χ4n) is 2.71. The molecule has 20 heavy (non-hydrogen) atoms. The topological polar surface area (TPSA) is 78.5 Å². The van der Waals surface area contributed by atoms with E-state index in [0.29, 0.717) is 12.0 Å². The highest BCUT2D eigenvalue weighted by Gasteiger charge is 2.25. The van der Waals surface area contributed by atoms with Gasteiger partial charge in [0.05, 0.1) is 11.6 Å². The maximum absolute atomic E-state index is 4.53. The Bertz CT molecular complexity index is 583. The highest BCUT2D eigenvalue weighted by molar-refractivity contribution is 7.99. The van der Waals surface area contributed by atoms with Gasteiger partial charge in [-0.25, -0.2) is 0 Å². The lowest BCUT2D eigenvalue weighted by atomic mass is 10.2. The van der Waals surface area contributed by atoms with Crippen molar-refractivity contribution in [3.63, 3.8) is 0 Å². The number of rotatable bonds is 5. The first kappa shape index (κ1) is 13.5. The van der Waals surface area contributed by atoms with Gasteiger partial charge < -0.3 is 10.6 Å². The lowest BCUT2D eigenvalue weighted by Crippen LogP contribution is -2.17. The number of H-pyrrole nitrogens is 1. The number of aromatic nitrogens is 4. The standard InChI is InChI=1S/C13H20N6S/c1-3-20-9-5-4-8(6-9)16-11-10-7-15-19-12(10)18-13(14-2)17-11/h7-9H,3-6H2,1-2H3,(H3,14,15,16,17,18,19). The summed E-state index contributed by atoms with van der Waals surface area (Å²) >= 11 is 2.06. The van der Waals surface area contributed by atoms with Crippen molar-refractivity contribution in [3.8, 4) is 0 Å². The summed E-state index contributed by atoms with van der Waals surface area (Å²) in [5.74, 6) is 2.68. The van der Waals surface area contributed by atoms with Crippen LogP contribution in [-0.4, -0.2) is 44.3 Å². The van der Waals surface area contributed by atoms with E-state index in [1.54, 1.807) is 6.20 Å². The summed E-state index contributed by atoms with van der Waals surface area (Å²) in [6.07, 6.45) is 5.48. The molecular weight excluding hydrogens is 272 g/mol. The van der Waals surface area contributed by atoms with E-state index in [2.05, 4.69) is 49.5 Å². The minimum Gasteiger partial charge on any atom is -0.367 e. The zero-order valence-electron chi connectivity index (χ0n) is 11.8. The van der Waals surface area contributed by atoms with Crippen LogP contribution in [0.2, 0.25) is 0 Å². The Morgan fingerprint density at radius 2 is 2.30 bits per heavy atom. The average molecular weight is 292 g/mol. The number of fused-ring (bicyclic) bond motifs is 1. The molecule has 3 rings (SSSR count). The molecule has 7 heteroatoms. The molecule has 0 aromatic carbocycles. The molecule has 0 radical (unpaired) electrons. The number of anilines is 2. The van der Waals surface area contributed by atoms with E-state index in [9.17, 15) is 0 Å². The predicted octanol–water partition coefficient (Wildman–Crippen LogP) is 2.48. The van der Waals surface area contributed by atoms with Crippen molar-refractivity contribution in [1.82, 2.24) is 20.2 Å². The molecule has 0 bridgehead atoms. The molecule has 0 saturated heterocycles. The van der Waals surface area contributed by atoms with Crippen LogP contribution in [0.25, 0.3) is 11.0 Å². The quantitative estimate of drug-likeness (QED) is 0.786. The van der Waals surface area contributed by atoms with Gasteiger partial charge in [-0.15, -0.1) is 0 Å². The van der Waals surface area contributed by atoms with Crippen molar-refractivity contribution in [2.24, 2.45) is 0 Å². The molecule has 3 N–H and O–H groups in total. The van der Waals surface area contributed by atoms with Gasteiger partial charge in [-0.05, 0) is 25.0 Å². The fourth-order valence-corrected chi connectivity index (χ4v) is 3.85. The summed E-state index contributed by atoms with van der Waals surface area (Å²) in [6, 6.07) is 0.497. The van der Waals surface area contributed by atoms with Crippen molar-refractivity contribution in [3.05, 3.63) is 6.20 Å². The third kappa shape index (κ3) is 2.67. The SMILES string of the molecule is CCSC1CCC(Nc2nc(NC)nc3[nH]ncc23)C1. The molecule has 2 heterocycles. The number of aromatic amines is 1. The molecule has 2 aromatic rings. The highest BCUT2D eigenvalue weighted by atomic mass is 32.2. The van der Waals surface area contributed by atoms with Gasteiger partial charge in [-0.2, -0.15) is 26.8 Å². The smallest absolute Gasteiger partial charge is 0.226 e. The summed E-state index contributed by atoms with van der Waals surface area (Å²) in [6.45, 7) is 2.23. The van der Waals surface area contributed by atoms with Crippen molar-refractivity contribution >= 4 is 34.6 Å². The van der Waals surface area contributed by atoms with Crippen molar-refractivity contribution in [2.45, 2.75) is 37.5 Å². The van der Waals surface area contributed by atoms with Crippen molar-refractivity contribution < 1.29 is 0 Å². The highest BCUT2D eigenvalue weighted by Crippen LogP contribution is 2.32. The second-order valence-corrected chi connectivity index (χ2v) is 6.59.